The van der Waals surface area contributed by atoms with E-state index >= 15 is 0 Å². The minimum absolute atomic E-state index is 0.0412. The van der Waals surface area contributed by atoms with Crippen LogP contribution in [0.5, 0.6) is 0 Å². The number of nitrogens with one attached hydrogen (secondary N) is 1. The number of halogens is 1. The molecule has 1 N–H and O–H groups in total. The summed E-state index contributed by atoms with van der Waals surface area (Å²) in [6.07, 6.45) is 1.80. The quantitative estimate of drug-likeness (QED) is 0.844. The van der Waals surface area contributed by atoms with Gasteiger partial charge < -0.3 is 5.32 Å². The fourth-order valence-electron chi connectivity index (χ4n) is 2.30. The first kappa shape index (κ1) is 13.5. The number of aryl methyl sites for hydroxylation is 1. The molecule has 0 bridgehead atoms. The molecule has 3 rings (SSSR count). The van der Waals surface area contributed by atoms with Crippen molar-refractivity contribution in [3.05, 3.63) is 55.7 Å². The highest BCUT2D eigenvalue weighted by Gasteiger charge is 2.18. The molecule has 2 aromatic rings. The van der Waals surface area contributed by atoms with Crippen molar-refractivity contribution in [2.45, 2.75) is 12.8 Å². The van der Waals surface area contributed by atoms with Crippen LogP contribution in [0.4, 0.5) is 0 Å². The number of thiophene rings is 1. The van der Waals surface area contributed by atoms with E-state index in [1.165, 1.54) is 11.3 Å². The van der Waals surface area contributed by atoms with E-state index in [9.17, 15) is 9.59 Å². The van der Waals surface area contributed by atoms with E-state index in [4.69, 9.17) is 0 Å². The van der Waals surface area contributed by atoms with Crippen LogP contribution in [0.3, 0.4) is 0 Å². The van der Waals surface area contributed by atoms with Crippen LogP contribution in [0, 0.1) is 0 Å². The van der Waals surface area contributed by atoms with Crippen molar-refractivity contribution in [1.29, 1.82) is 0 Å². The standard InChI is InChI=1S/C15H12BrNO2S/c16-13-6-5-12(20-13)14(18)10-4-3-9-2-1-7-17-15(19)11(9)8-10/h3-6,8H,1-2,7H2,(H,17,19). The summed E-state index contributed by atoms with van der Waals surface area (Å²) in [5.74, 6) is -0.125. The van der Waals surface area contributed by atoms with Gasteiger partial charge in [0, 0.05) is 17.7 Å². The predicted molar refractivity (Wildman–Crippen MR) is 82.5 cm³/mol. The Hall–Kier alpha value is -1.46. The van der Waals surface area contributed by atoms with Gasteiger partial charge in [0.15, 0.2) is 0 Å². The van der Waals surface area contributed by atoms with Gasteiger partial charge >= 0.3 is 0 Å². The second-order valence-corrected chi connectivity index (χ2v) is 7.13. The lowest BCUT2D eigenvalue weighted by Crippen LogP contribution is -2.22. The zero-order valence-electron chi connectivity index (χ0n) is 10.6. The molecule has 0 unspecified atom stereocenters. The Morgan fingerprint density at radius 3 is 2.85 bits per heavy atom. The third kappa shape index (κ3) is 2.55. The Bertz CT molecular complexity index is 693. The Morgan fingerprint density at radius 2 is 2.10 bits per heavy atom. The number of fused-ring (bicyclic) bond motifs is 1. The lowest BCUT2D eigenvalue weighted by atomic mass is 9.98. The molecular formula is C15H12BrNO2S. The van der Waals surface area contributed by atoms with Gasteiger partial charge in [-0.1, -0.05) is 12.1 Å². The largest absolute Gasteiger partial charge is 0.352 e. The van der Waals surface area contributed by atoms with Crippen LogP contribution in [0.2, 0.25) is 0 Å². The average Bonchev–Trinajstić information content (AvgIpc) is 2.80. The zero-order valence-corrected chi connectivity index (χ0v) is 13.0. The van der Waals surface area contributed by atoms with Crippen LogP contribution in [0.15, 0.2) is 34.1 Å². The van der Waals surface area contributed by atoms with Gasteiger partial charge in [-0.15, -0.1) is 11.3 Å². The number of rotatable bonds is 2. The minimum atomic E-state index is -0.0838. The van der Waals surface area contributed by atoms with Crippen molar-refractivity contribution in [2.75, 3.05) is 6.54 Å². The number of hydrogen-bond acceptors (Lipinski definition) is 3. The van der Waals surface area contributed by atoms with E-state index in [2.05, 4.69) is 21.2 Å². The van der Waals surface area contributed by atoms with Crippen LogP contribution in [-0.2, 0) is 6.42 Å². The second-order valence-electron chi connectivity index (χ2n) is 4.66. The smallest absolute Gasteiger partial charge is 0.251 e. The molecule has 0 saturated heterocycles. The molecule has 20 heavy (non-hydrogen) atoms. The van der Waals surface area contributed by atoms with Crippen LogP contribution < -0.4 is 5.32 Å². The topological polar surface area (TPSA) is 46.2 Å². The number of carbonyl (C=O) groups is 2. The Labute approximate surface area is 129 Å². The first-order valence-corrected chi connectivity index (χ1v) is 7.97. The average molecular weight is 350 g/mol. The molecule has 5 heteroatoms. The molecule has 2 heterocycles. The third-order valence-electron chi connectivity index (χ3n) is 3.32. The van der Waals surface area contributed by atoms with E-state index in [1.54, 1.807) is 12.1 Å². The van der Waals surface area contributed by atoms with E-state index < -0.39 is 0 Å². The number of ketones is 1. The van der Waals surface area contributed by atoms with Crippen LogP contribution in [0.25, 0.3) is 0 Å². The Kier molecular flexibility index (Phi) is 3.72. The van der Waals surface area contributed by atoms with E-state index in [0.29, 0.717) is 22.5 Å². The molecule has 1 aliphatic heterocycles. The summed E-state index contributed by atoms with van der Waals surface area (Å²) in [4.78, 5) is 25.1. The summed E-state index contributed by atoms with van der Waals surface area (Å²) in [6.45, 7) is 0.689. The molecule has 0 radical (unpaired) electrons. The maximum Gasteiger partial charge on any atom is 0.251 e. The molecule has 0 saturated carbocycles. The van der Waals surface area contributed by atoms with Gasteiger partial charge in [-0.3, -0.25) is 9.59 Å². The molecule has 1 aromatic carbocycles. The van der Waals surface area contributed by atoms with Crippen molar-refractivity contribution in [1.82, 2.24) is 5.32 Å². The van der Waals surface area contributed by atoms with Gasteiger partial charge in [-0.2, -0.15) is 0 Å². The molecule has 0 fully saturated rings. The van der Waals surface area contributed by atoms with Gasteiger partial charge in [0.2, 0.25) is 5.78 Å². The number of carbonyl (C=O) groups excluding carboxylic acids is 2. The Morgan fingerprint density at radius 1 is 1.25 bits per heavy atom. The third-order valence-corrected chi connectivity index (χ3v) is 4.94. The molecule has 1 amide bonds. The van der Waals surface area contributed by atoms with Crippen molar-refractivity contribution in [3.8, 4) is 0 Å². The summed E-state index contributed by atoms with van der Waals surface area (Å²) >= 11 is 4.75. The molecule has 102 valence electrons. The fraction of sp³-hybridized carbons (Fsp3) is 0.200. The molecule has 1 aromatic heterocycles. The van der Waals surface area contributed by atoms with Gasteiger partial charge in [0.05, 0.1) is 8.66 Å². The monoisotopic (exact) mass is 349 g/mol. The highest BCUT2D eigenvalue weighted by Crippen LogP contribution is 2.25. The van der Waals surface area contributed by atoms with Gasteiger partial charge in [-0.25, -0.2) is 0 Å². The van der Waals surface area contributed by atoms with Crippen molar-refractivity contribution >= 4 is 39.0 Å². The lowest BCUT2D eigenvalue weighted by Gasteiger charge is -2.06. The molecule has 1 aliphatic rings. The van der Waals surface area contributed by atoms with Gasteiger partial charge in [0.25, 0.3) is 5.91 Å². The normalized spacial score (nSPS) is 14.3. The van der Waals surface area contributed by atoms with E-state index in [-0.39, 0.29) is 11.7 Å². The summed E-state index contributed by atoms with van der Waals surface area (Å²) in [7, 11) is 0. The molecular weight excluding hydrogens is 338 g/mol. The van der Waals surface area contributed by atoms with Crippen LogP contribution in [0.1, 0.15) is 37.6 Å². The van der Waals surface area contributed by atoms with Gasteiger partial charge in [-0.05, 0) is 52.5 Å². The summed E-state index contributed by atoms with van der Waals surface area (Å²) in [6, 6.07) is 9.08. The SMILES string of the molecule is O=C(c1ccc2c(c1)C(=O)NCCC2)c1ccc(Br)s1. The lowest BCUT2D eigenvalue weighted by molar-refractivity contribution is 0.0956. The summed E-state index contributed by atoms with van der Waals surface area (Å²) in [5.41, 5.74) is 2.21. The maximum absolute atomic E-state index is 12.4. The number of hydrogen-bond donors (Lipinski definition) is 1. The van der Waals surface area contributed by atoms with E-state index in [0.717, 1.165) is 22.2 Å². The highest BCUT2D eigenvalue weighted by atomic mass is 79.9. The van der Waals surface area contributed by atoms with Crippen molar-refractivity contribution in [2.24, 2.45) is 0 Å². The van der Waals surface area contributed by atoms with Gasteiger partial charge in [0.1, 0.15) is 0 Å². The van der Waals surface area contributed by atoms with Crippen LogP contribution in [-0.4, -0.2) is 18.2 Å². The molecule has 3 nitrogen and oxygen atoms in total. The summed E-state index contributed by atoms with van der Waals surface area (Å²) in [5, 5.41) is 2.86. The predicted octanol–water partition coefficient (Wildman–Crippen LogP) is 3.42. The minimum Gasteiger partial charge on any atom is -0.352 e. The highest BCUT2D eigenvalue weighted by molar-refractivity contribution is 9.11. The number of amides is 1. The maximum atomic E-state index is 12.4. The summed E-state index contributed by atoms with van der Waals surface area (Å²) < 4.78 is 0.924. The second kappa shape index (κ2) is 5.50. The van der Waals surface area contributed by atoms with E-state index in [1.807, 2.05) is 18.2 Å². The first-order chi connectivity index (χ1) is 9.65. The number of benzene rings is 1. The molecule has 0 spiro atoms. The zero-order chi connectivity index (χ0) is 14.1. The van der Waals surface area contributed by atoms with Crippen molar-refractivity contribution < 1.29 is 9.59 Å². The Balaban J connectivity index is 1.99. The molecule has 0 atom stereocenters. The molecule has 0 aliphatic carbocycles. The fourth-order valence-corrected chi connectivity index (χ4v) is 3.65. The van der Waals surface area contributed by atoms with Crippen molar-refractivity contribution in [3.63, 3.8) is 0 Å². The first-order valence-electron chi connectivity index (χ1n) is 6.36. The van der Waals surface area contributed by atoms with Crippen LogP contribution >= 0.6 is 27.3 Å².